The maximum atomic E-state index is 11.1. The molecule has 0 saturated carbocycles. The second-order valence-corrected chi connectivity index (χ2v) is 5.13. The molecule has 0 saturated heterocycles. The molecule has 0 fully saturated rings. The average Bonchev–Trinajstić information content (AvgIpc) is 2.84. The van der Waals surface area contributed by atoms with Gasteiger partial charge in [0.1, 0.15) is 5.82 Å². The van der Waals surface area contributed by atoms with E-state index in [1.54, 1.807) is 18.1 Å². The molecule has 0 aliphatic carbocycles. The SMILES string of the molecule is Cc1nccn1CCCN(C)c1ncc(Cl)cc1[N+](=O)[O-]. The molecule has 0 aliphatic heterocycles. The van der Waals surface area contributed by atoms with Crippen molar-refractivity contribution in [2.75, 3.05) is 18.5 Å². The van der Waals surface area contributed by atoms with E-state index < -0.39 is 4.92 Å². The molecule has 0 N–H and O–H groups in total. The molecule has 0 amide bonds. The third-order valence-electron chi connectivity index (χ3n) is 3.19. The van der Waals surface area contributed by atoms with Gasteiger partial charge in [-0.15, -0.1) is 0 Å². The lowest BCUT2D eigenvalue weighted by Crippen LogP contribution is -2.22. The first-order chi connectivity index (χ1) is 9.99. The Morgan fingerprint density at radius 2 is 2.24 bits per heavy atom. The zero-order chi connectivity index (χ0) is 15.4. The zero-order valence-electron chi connectivity index (χ0n) is 11.9. The number of imidazole rings is 1. The van der Waals surface area contributed by atoms with E-state index >= 15 is 0 Å². The molecule has 0 aromatic carbocycles. The van der Waals surface area contributed by atoms with E-state index in [-0.39, 0.29) is 10.7 Å². The van der Waals surface area contributed by atoms with Crippen molar-refractivity contribution in [3.63, 3.8) is 0 Å². The Bertz CT molecular complexity index is 643. The van der Waals surface area contributed by atoms with Crippen molar-refractivity contribution in [3.05, 3.63) is 45.6 Å². The van der Waals surface area contributed by atoms with Crippen LogP contribution in [-0.4, -0.2) is 33.1 Å². The molecule has 0 atom stereocenters. The quantitative estimate of drug-likeness (QED) is 0.605. The fourth-order valence-corrected chi connectivity index (χ4v) is 2.23. The van der Waals surface area contributed by atoms with E-state index in [1.807, 2.05) is 17.7 Å². The van der Waals surface area contributed by atoms with Gasteiger partial charge in [0.05, 0.1) is 9.95 Å². The molecule has 0 unspecified atom stereocenters. The van der Waals surface area contributed by atoms with Gasteiger partial charge in [0.15, 0.2) is 0 Å². The van der Waals surface area contributed by atoms with Crippen LogP contribution in [0.25, 0.3) is 0 Å². The normalized spacial score (nSPS) is 10.6. The van der Waals surface area contributed by atoms with Crippen molar-refractivity contribution in [1.82, 2.24) is 14.5 Å². The van der Waals surface area contributed by atoms with Crippen LogP contribution in [-0.2, 0) is 6.54 Å². The molecular formula is C13H16ClN5O2. The predicted octanol–water partition coefficient (Wildman–Crippen LogP) is 2.67. The first-order valence-electron chi connectivity index (χ1n) is 6.48. The van der Waals surface area contributed by atoms with Crippen LogP contribution in [0, 0.1) is 17.0 Å². The van der Waals surface area contributed by atoms with E-state index in [1.165, 1.54) is 12.3 Å². The van der Waals surface area contributed by atoms with Gasteiger partial charge in [0, 0.05) is 44.8 Å². The second kappa shape index (κ2) is 6.53. The topological polar surface area (TPSA) is 77.1 Å². The Hall–Kier alpha value is -2.15. The maximum Gasteiger partial charge on any atom is 0.313 e. The smallest absolute Gasteiger partial charge is 0.313 e. The summed E-state index contributed by atoms with van der Waals surface area (Å²) in [7, 11) is 1.78. The molecule has 0 bridgehead atoms. The number of nitrogens with zero attached hydrogens (tertiary/aromatic N) is 5. The first-order valence-corrected chi connectivity index (χ1v) is 6.85. The lowest BCUT2D eigenvalue weighted by Gasteiger charge is -2.18. The fourth-order valence-electron chi connectivity index (χ4n) is 2.07. The Balaban J connectivity index is 2.02. The van der Waals surface area contributed by atoms with Crippen molar-refractivity contribution in [1.29, 1.82) is 0 Å². The Kier molecular flexibility index (Phi) is 4.74. The minimum Gasteiger partial charge on any atom is -0.354 e. The number of aryl methyl sites for hydroxylation is 2. The van der Waals surface area contributed by atoms with E-state index in [0.29, 0.717) is 12.4 Å². The summed E-state index contributed by atoms with van der Waals surface area (Å²) in [5, 5.41) is 11.3. The number of hydrogen-bond donors (Lipinski definition) is 0. The van der Waals surface area contributed by atoms with Gasteiger partial charge in [-0.25, -0.2) is 9.97 Å². The molecule has 2 aromatic heterocycles. The monoisotopic (exact) mass is 309 g/mol. The highest BCUT2D eigenvalue weighted by Gasteiger charge is 2.19. The third kappa shape index (κ3) is 3.69. The Morgan fingerprint density at radius 3 is 2.86 bits per heavy atom. The van der Waals surface area contributed by atoms with Gasteiger partial charge in [0.25, 0.3) is 0 Å². The lowest BCUT2D eigenvalue weighted by atomic mass is 10.3. The number of aromatic nitrogens is 3. The summed E-state index contributed by atoms with van der Waals surface area (Å²) in [4.78, 5) is 20.6. The minimum absolute atomic E-state index is 0.0798. The summed E-state index contributed by atoms with van der Waals surface area (Å²) < 4.78 is 2.04. The molecule has 0 radical (unpaired) electrons. The number of pyridine rings is 1. The highest BCUT2D eigenvalue weighted by Crippen LogP contribution is 2.27. The third-order valence-corrected chi connectivity index (χ3v) is 3.40. The van der Waals surface area contributed by atoms with Crippen molar-refractivity contribution in [2.45, 2.75) is 19.9 Å². The van der Waals surface area contributed by atoms with Gasteiger partial charge in [-0.3, -0.25) is 10.1 Å². The standard InChI is InChI=1S/C13H16ClN5O2/c1-10-15-4-7-18(10)6-3-5-17(2)13-12(19(20)21)8-11(14)9-16-13/h4,7-9H,3,5-6H2,1-2H3. The summed E-state index contributed by atoms with van der Waals surface area (Å²) in [6, 6.07) is 1.32. The average molecular weight is 310 g/mol. The van der Waals surface area contributed by atoms with E-state index in [9.17, 15) is 10.1 Å². The predicted molar refractivity (Wildman–Crippen MR) is 80.8 cm³/mol. The summed E-state index contributed by atoms with van der Waals surface area (Å²) in [6.45, 7) is 3.39. The van der Waals surface area contributed by atoms with Crippen LogP contribution in [0.3, 0.4) is 0 Å². The molecule has 2 heterocycles. The van der Waals surface area contributed by atoms with E-state index in [4.69, 9.17) is 11.6 Å². The van der Waals surface area contributed by atoms with Gasteiger partial charge < -0.3 is 9.47 Å². The molecule has 8 heteroatoms. The Labute approximate surface area is 127 Å². The molecule has 0 spiro atoms. The summed E-state index contributed by atoms with van der Waals surface area (Å²) in [6.07, 6.45) is 5.92. The second-order valence-electron chi connectivity index (χ2n) is 4.70. The van der Waals surface area contributed by atoms with Gasteiger partial charge in [-0.05, 0) is 13.3 Å². The molecule has 0 aliphatic rings. The van der Waals surface area contributed by atoms with Crippen molar-refractivity contribution < 1.29 is 4.92 Å². The number of nitro groups is 1. The summed E-state index contributed by atoms with van der Waals surface area (Å²) in [5.41, 5.74) is -0.0798. The number of rotatable bonds is 6. The molecule has 2 aromatic rings. The molecule has 21 heavy (non-hydrogen) atoms. The van der Waals surface area contributed by atoms with Gasteiger partial charge in [0.2, 0.25) is 5.82 Å². The highest BCUT2D eigenvalue weighted by atomic mass is 35.5. The summed E-state index contributed by atoms with van der Waals surface area (Å²) >= 11 is 5.76. The van der Waals surface area contributed by atoms with Crippen LogP contribution >= 0.6 is 11.6 Å². The van der Waals surface area contributed by atoms with Crippen LogP contribution in [0.2, 0.25) is 5.02 Å². The van der Waals surface area contributed by atoms with Crippen LogP contribution in [0.4, 0.5) is 11.5 Å². The largest absolute Gasteiger partial charge is 0.354 e. The number of halogens is 1. The fraction of sp³-hybridized carbons (Fsp3) is 0.385. The van der Waals surface area contributed by atoms with Crippen LogP contribution in [0.5, 0.6) is 0 Å². The summed E-state index contributed by atoms with van der Waals surface area (Å²) in [5.74, 6) is 1.28. The number of anilines is 1. The molecule has 112 valence electrons. The molecule has 2 rings (SSSR count). The van der Waals surface area contributed by atoms with Gasteiger partial charge >= 0.3 is 5.69 Å². The Morgan fingerprint density at radius 1 is 1.48 bits per heavy atom. The van der Waals surface area contributed by atoms with Crippen molar-refractivity contribution >= 4 is 23.1 Å². The van der Waals surface area contributed by atoms with E-state index in [2.05, 4.69) is 9.97 Å². The first kappa shape index (κ1) is 15.2. The van der Waals surface area contributed by atoms with E-state index in [0.717, 1.165) is 18.8 Å². The molecular weight excluding hydrogens is 294 g/mol. The minimum atomic E-state index is -0.468. The van der Waals surface area contributed by atoms with Crippen molar-refractivity contribution in [2.24, 2.45) is 0 Å². The molecule has 7 nitrogen and oxygen atoms in total. The van der Waals surface area contributed by atoms with Crippen LogP contribution in [0.15, 0.2) is 24.7 Å². The zero-order valence-corrected chi connectivity index (χ0v) is 12.6. The van der Waals surface area contributed by atoms with Crippen LogP contribution in [0.1, 0.15) is 12.2 Å². The number of hydrogen-bond acceptors (Lipinski definition) is 5. The van der Waals surface area contributed by atoms with Gasteiger partial charge in [-0.2, -0.15) is 0 Å². The van der Waals surface area contributed by atoms with Gasteiger partial charge in [-0.1, -0.05) is 11.6 Å². The van der Waals surface area contributed by atoms with Crippen molar-refractivity contribution in [3.8, 4) is 0 Å². The highest BCUT2D eigenvalue weighted by molar-refractivity contribution is 6.30. The van der Waals surface area contributed by atoms with Crippen LogP contribution < -0.4 is 4.90 Å². The maximum absolute atomic E-state index is 11.1. The lowest BCUT2D eigenvalue weighted by molar-refractivity contribution is -0.384.